The molecule has 0 unspecified atom stereocenters. The van der Waals surface area contributed by atoms with Crippen LogP contribution in [0.3, 0.4) is 0 Å². The quantitative estimate of drug-likeness (QED) is 0.606. The summed E-state index contributed by atoms with van der Waals surface area (Å²) in [6.07, 6.45) is 1.70. The highest BCUT2D eigenvalue weighted by molar-refractivity contribution is 5.85. The number of pyridine rings is 1. The van der Waals surface area contributed by atoms with Crippen molar-refractivity contribution in [1.29, 1.82) is 0 Å². The van der Waals surface area contributed by atoms with Crippen LogP contribution in [0.5, 0.6) is 0 Å². The zero-order valence-corrected chi connectivity index (χ0v) is 6.70. The number of aliphatic imine (C=N–C) groups is 1. The van der Waals surface area contributed by atoms with Crippen molar-refractivity contribution in [3.63, 3.8) is 0 Å². The Morgan fingerprint density at radius 2 is 2.27 bits per heavy atom. The Balaban J connectivity index is 3.09. The highest BCUT2D eigenvalue weighted by Gasteiger charge is 1.95. The lowest BCUT2D eigenvalue weighted by molar-refractivity contribution is 1.21. The summed E-state index contributed by atoms with van der Waals surface area (Å²) >= 11 is 0. The van der Waals surface area contributed by atoms with Crippen LogP contribution in [0.4, 0.5) is 5.82 Å². The molecular formula is C8H11N3. The van der Waals surface area contributed by atoms with Gasteiger partial charge in [-0.05, 0) is 19.1 Å². The smallest absolute Gasteiger partial charge is 0.132 e. The van der Waals surface area contributed by atoms with Gasteiger partial charge in [0.25, 0.3) is 0 Å². The lowest BCUT2D eigenvalue weighted by Gasteiger charge is -1.98. The molecule has 11 heavy (non-hydrogen) atoms. The summed E-state index contributed by atoms with van der Waals surface area (Å²) in [5.74, 6) is 0.538. The molecule has 0 radical (unpaired) electrons. The van der Waals surface area contributed by atoms with Crippen LogP contribution in [0.25, 0.3) is 0 Å². The fraction of sp³-hybridized carbons (Fsp3) is 0.250. The van der Waals surface area contributed by atoms with E-state index in [9.17, 15) is 0 Å². The molecule has 0 fully saturated rings. The van der Waals surface area contributed by atoms with Crippen molar-refractivity contribution in [3.8, 4) is 0 Å². The maximum atomic E-state index is 5.61. The lowest BCUT2D eigenvalue weighted by atomic mass is 10.2. The van der Waals surface area contributed by atoms with Gasteiger partial charge in [-0.1, -0.05) is 0 Å². The van der Waals surface area contributed by atoms with E-state index in [1.165, 1.54) is 0 Å². The van der Waals surface area contributed by atoms with E-state index in [-0.39, 0.29) is 0 Å². The third kappa shape index (κ3) is 1.77. The van der Waals surface area contributed by atoms with Gasteiger partial charge in [-0.15, -0.1) is 0 Å². The molecule has 2 N–H and O–H groups in total. The van der Waals surface area contributed by atoms with Crippen molar-refractivity contribution in [3.05, 3.63) is 23.4 Å². The fourth-order valence-electron chi connectivity index (χ4n) is 0.836. The van der Waals surface area contributed by atoms with Gasteiger partial charge in [-0.25, -0.2) is 4.98 Å². The first kappa shape index (κ1) is 7.72. The monoisotopic (exact) mass is 149 g/mol. The van der Waals surface area contributed by atoms with Gasteiger partial charge in [-0.2, -0.15) is 0 Å². The highest BCUT2D eigenvalue weighted by atomic mass is 14.8. The molecule has 0 bridgehead atoms. The predicted molar refractivity (Wildman–Crippen MR) is 46.9 cm³/mol. The van der Waals surface area contributed by atoms with Crippen molar-refractivity contribution in [2.24, 2.45) is 4.99 Å². The highest BCUT2D eigenvalue weighted by Crippen LogP contribution is 2.05. The summed E-state index contributed by atoms with van der Waals surface area (Å²) in [5.41, 5.74) is 7.40. The van der Waals surface area contributed by atoms with E-state index >= 15 is 0 Å². The normalized spacial score (nSPS) is 10.7. The van der Waals surface area contributed by atoms with E-state index < -0.39 is 0 Å². The number of aromatic nitrogens is 1. The van der Waals surface area contributed by atoms with Gasteiger partial charge in [0.15, 0.2) is 0 Å². The Morgan fingerprint density at radius 1 is 1.55 bits per heavy atom. The maximum absolute atomic E-state index is 5.61. The summed E-state index contributed by atoms with van der Waals surface area (Å²) in [6.45, 7) is 1.91. The molecule has 0 aromatic carbocycles. The molecule has 1 aromatic heterocycles. The Labute approximate surface area is 66.0 Å². The predicted octanol–water partition coefficient (Wildman–Crippen LogP) is 1.02. The summed E-state index contributed by atoms with van der Waals surface area (Å²) in [6, 6.07) is 3.82. The van der Waals surface area contributed by atoms with Gasteiger partial charge >= 0.3 is 0 Å². The molecule has 0 saturated heterocycles. The molecule has 1 rings (SSSR count). The second-order valence-electron chi connectivity index (χ2n) is 2.31. The molecule has 0 aliphatic heterocycles. The van der Waals surface area contributed by atoms with Crippen LogP contribution in [-0.2, 0) is 0 Å². The van der Waals surface area contributed by atoms with E-state index in [1.807, 2.05) is 19.1 Å². The van der Waals surface area contributed by atoms with Gasteiger partial charge in [0.05, 0.1) is 0 Å². The Kier molecular flexibility index (Phi) is 2.21. The topological polar surface area (TPSA) is 51.3 Å². The molecule has 1 aromatic rings. The number of hydrogen-bond acceptors (Lipinski definition) is 3. The summed E-state index contributed by atoms with van der Waals surface area (Å²) in [4.78, 5) is 7.93. The first-order valence-corrected chi connectivity index (χ1v) is 3.39. The third-order valence-corrected chi connectivity index (χ3v) is 1.36. The van der Waals surface area contributed by atoms with Gasteiger partial charge in [0.1, 0.15) is 5.82 Å². The minimum Gasteiger partial charge on any atom is -0.383 e. The lowest BCUT2D eigenvalue weighted by Crippen LogP contribution is -1.97. The first-order valence-electron chi connectivity index (χ1n) is 3.39. The largest absolute Gasteiger partial charge is 0.383 e. The number of nitrogens with zero attached hydrogens (tertiary/aromatic N) is 2. The van der Waals surface area contributed by atoms with Gasteiger partial charge < -0.3 is 5.73 Å². The molecule has 1 heterocycles. The molecule has 3 heteroatoms. The van der Waals surface area contributed by atoms with Crippen LogP contribution in [0.15, 0.2) is 17.1 Å². The van der Waals surface area contributed by atoms with E-state index in [0.29, 0.717) is 5.82 Å². The molecule has 58 valence electrons. The van der Waals surface area contributed by atoms with E-state index in [1.54, 1.807) is 13.3 Å². The number of aryl methyl sites for hydroxylation is 1. The SMILES string of the molecule is CN=Cc1ccc(C)nc1N. The average Bonchev–Trinajstić information content (AvgIpc) is 1.95. The van der Waals surface area contributed by atoms with E-state index in [2.05, 4.69) is 9.98 Å². The average molecular weight is 149 g/mol. The molecule has 0 spiro atoms. The molecule has 0 aliphatic rings. The third-order valence-electron chi connectivity index (χ3n) is 1.36. The van der Waals surface area contributed by atoms with Crippen LogP contribution in [0.2, 0.25) is 0 Å². The number of rotatable bonds is 1. The van der Waals surface area contributed by atoms with Crippen molar-refractivity contribution in [2.45, 2.75) is 6.92 Å². The van der Waals surface area contributed by atoms with Crippen LogP contribution in [0, 0.1) is 6.92 Å². The Hall–Kier alpha value is -1.38. The molecule has 3 nitrogen and oxygen atoms in total. The summed E-state index contributed by atoms with van der Waals surface area (Å²) in [5, 5.41) is 0. The van der Waals surface area contributed by atoms with Crippen LogP contribution in [0.1, 0.15) is 11.3 Å². The van der Waals surface area contributed by atoms with Crippen LogP contribution >= 0.6 is 0 Å². The van der Waals surface area contributed by atoms with Gasteiger partial charge in [0, 0.05) is 24.5 Å². The second kappa shape index (κ2) is 3.14. The minimum absolute atomic E-state index is 0.538. The van der Waals surface area contributed by atoms with Crippen molar-refractivity contribution in [1.82, 2.24) is 4.98 Å². The van der Waals surface area contributed by atoms with E-state index in [4.69, 9.17) is 5.73 Å². The number of hydrogen-bond donors (Lipinski definition) is 1. The molecule has 0 amide bonds. The summed E-state index contributed by atoms with van der Waals surface area (Å²) < 4.78 is 0. The minimum atomic E-state index is 0.538. The van der Waals surface area contributed by atoms with E-state index in [0.717, 1.165) is 11.3 Å². The van der Waals surface area contributed by atoms with Crippen molar-refractivity contribution >= 4 is 12.0 Å². The Morgan fingerprint density at radius 3 is 2.82 bits per heavy atom. The zero-order valence-electron chi connectivity index (χ0n) is 6.70. The van der Waals surface area contributed by atoms with Crippen molar-refractivity contribution < 1.29 is 0 Å². The molecular weight excluding hydrogens is 138 g/mol. The Bertz CT molecular complexity index is 279. The second-order valence-corrected chi connectivity index (χ2v) is 2.31. The molecule has 0 atom stereocenters. The van der Waals surface area contributed by atoms with Gasteiger partial charge in [-0.3, -0.25) is 4.99 Å². The number of nitrogen functional groups attached to an aromatic ring is 1. The molecule has 0 saturated carbocycles. The molecule has 0 aliphatic carbocycles. The maximum Gasteiger partial charge on any atom is 0.132 e. The number of anilines is 1. The van der Waals surface area contributed by atoms with Crippen LogP contribution in [-0.4, -0.2) is 18.2 Å². The first-order chi connectivity index (χ1) is 5.24. The summed E-state index contributed by atoms with van der Waals surface area (Å²) in [7, 11) is 1.71. The fourth-order valence-corrected chi connectivity index (χ4v) is 0.836. The zero-order chi connectivity index (χ0) is 8.27. The standard InChI is InChI=1S/C8H11N3/c1-6-3-4-7(5-10-2)8(9)11-6/h3-5H,1-2H3,(H2,9,11). The number of nitrogens with two attached hydrogens (primary N) is 1. The van der Waals surface area contributed by atoms with Crippen LogP contribution < -0.4 is 5.73 Å². The van der Waals surface area contributed by atoms with Crippen molar-refractivity contribution in [2.75, 3.05) is 12.8 Å². The van der Waals surface area contributed by atoms with Gasteiger partial charge in [0.2, 0.25) is 0 Å².